The summed E-state index contributed by atoms with van der Waals surface area (Å²) in [7, 11) is 1.56. The molecule has 0 spiro atoms. The molecule has 31 heavy (non-hydrogen) atoms. The Kier molecular flexibility index (Phi) is 4.99. The highest BCUT2D eigenvalue weighted by atomic mass is 19.1. The van der Waals surface area contributed by atoms with E-state index in [0.717, 1.165) is 23.2 Å². The quantitative estimate of drug-likeness (QED) is 0.468. The minimum Gasteiger partial charge on any atom is -0.496 e. The Morgan fingerprint density at radius 3 is 2.74 bits per heavy atom. The van der Waals surface area contributed by atoms with Crippen LogP contribution in [0, 0.1) is 5.82 Å². The molecule has 3 heterocycles. The summed E-state index contributed by atoms with van der Waals surface area (Å²) in [5, 5.41) is 8.34. The zero-order valence-electron chi connectivity index (χ0n) is 17.2. The highest BCUT2D eigenvalue weighted by molar-refractivity contribution is 5.90. The summed E-state index contributed by atoms with van der Waals surface area (Å²) >= 11 is 0. The van der Waals surface area contributed by atoms with Crippen molar-refractivity contribution in [3.8, 4) is 33.8 Å². The zero-order chi connectivity index (χ0) is 21.4. The highest BCUT2D eigenvalue weighted by Crippen LogP contribution is 2.38. The topological polar surface area (TPSA) is 71.3 Å². The van der Waals surface area contributed by atoms with Gasteiger partial charge in [0, 0.05) is 23.2 Å². The number of hydrogen-bond donors (Lipinski definition) is 0. The zero-order valence-corrected chi connectivity index (χ0v) is 17.2. The van der Waals surface area contributed by atoms with Crippen LogP contribution >= 0.6 is 0 Å². The van der Waals surface area contributed by atoms with Gasteiger partial charge in [0.1, 0.15) is 28.9 Å². The molecule has 1 aliphatic heterocycles. The molecule has 0 atom stereocenters. The number of aromatic nitrogens is 4. The monoisotopic (exact) mass is 420 g/mol. The lowest BCUT2D eigenvalue weighted by molar-refractivity contribution is -0.0796. The summed E-state index contributed by atoms with van der Waals surface area (Å²) in [4.78, 5) is 4.50. The number of halogens is 1. The molecule has 0 N–H and O–H groups in total. The van der Waals surface area contributed by atoms with Crippen LogP contribution in [0.3, 0.4) is 0 Å². The molecule has 0 bridgehead atoms. The van der Waals surface area contributed by atoms with Gasteiger partial charge in [-0.2, -0.15) is 5.10 Å². The van der Waals surface area contributed by atoms with Gasteiger partial charge in [-0.15, -0.1) is 5.10 Å². The first-order valence-corrected chi connectivity index (χ1v) is 10.1. The van der Waals surface area contributed by atoms with E-state index in [1.165, 1.54) is 6.07 Å². The number of nitrogens with zero attached hydrogens (tertiary/aromatic N) is 4. The van der Waals surface area contributed by atoms with Crippen LogP contribution in [0.15, 0.2) is 48.9 Å². The van der Waals surface area contributed by atoms with E-state index in [-0.39, 0.29) is 11.9 Å². The van der Waals surface area contributed by atoms with Crippen LogP contribution in [0.4, 0.5) is 4.39 Å². The van der Waals surface area contributed by atoms with Crippen LogP contribution in [0.25, 0.3) is 33.4 Å². The number of aryl methyl sites for hydroxylation is 1. The third-order valence-electron chi connectivity index (χ3n) is 5.39. The molecule has 8 heteroatoms. The summed E-state index contributed by atoms with van der Waals surface area (Å²) < 4.78 is 33.5. The fourth-order valence-corrected chi connectivity index (χ4v) is 3.66. The molecular weight excluding hydrogens is 399 g/mol. The van der Waals surface area contributed by atoms with E-state index < -0.39 is 0 Å². The van der Waals surface area contributed by atoms with Gasteiger partial charge < -0.3 is 18.8 Å². The molecule has 5 rings (SSSR count). The van der Waals surface area contributed by atoms with E-state index in [0.29, 0.717) is 41.5 Å². The SMILES string of the molecule is CCn1cnc2c(-c3ccc(F)c(-c4cc(OC5COC5)ccc4OC)c3)cnnc21. The van der Waals surface area contributed by atoms with Gasteiger partial charge in [-0.3, -0.25) is 0 Å². The Labute approximate surface area is 178 Å². The van der Waals surface area contributed by atoms with Crippen LogP contribution in [-0.2, 0) is 11.3 Å². The third kappa shape index (κ3) is 3.48. The largest absolute Gasteiger partial charge is 0.496 e. The van der Waals surface area contributed by atoms with Gasteiger partial charge in [-0.1, -0.05) is 6.07 Å². The van der Waals surface area contributed by atoms with Gasteiger partial charge in [-0.25, -0.2) is 9.37 Å². The normalized spacial score (nSPS) is 13.9. The fourth-order valence-electron chi connectivity index (χ4n) is 3.66. The highest BCUT2D eigenvalue weighted by Gasteiger charge is 2.21. The summed E-state index contributed by atoms with van der Waals surface area (Å²) in [6.45, 7) is 3.86. The van der Waals surface area contributed by atoms with Crippen molar-refractivity contribution in [2.24, 2.45) is 0 Å². The molecule has 1 saturated heterocycles. The molecule has 0 radical (unpaired) electrons. The first kappa shape index (κ1) is 19.4. The van der Waals surface area contributed by atoms with Crippen LogP contribution in [-0.4, -0.2) is 46.2 Å². The van der Waals surface area contributed by atoms with Gasteiger partial charge >= 0.3 is 0 Å². The molecule has 2 aromatic carbocycles. The molecule has 4 aromatic rings. The lowest BCUT2D eigenvalue weighted by Crippen LogP contribution is -2.38. The van der Waals surface area contributed by atoms with Crippen molar-refractivity contribution in [1.82, 2.24) is 19.7 Å². The summed E-state index contributed by atoms with van der Waals surface area (Å²) in [5.74, 6) is 0.841. The van der Waals surface area contributed by atoms with E-state index in [1.807, 2.05) is 17.6 Å². The number of ether oxygens (including phenoxy) is 3. The molecular formula is C23H21FN4O3. The summed E-state index contributed by atoms with van der Waals surface area (Å²) in [6.07, 6.45) is 3.41. The molecule has 158 valence electrons. The number of methoxy groups -OCH3 is 1. The number of imidazole rings is 1. The predicted molar refractivity (Wildman–Crippen MR) is 114 cm³/mol. The van der Waals surface area contributed by atoms with E-state index in [1.54, 1.807) is 43.9 Å². The van der Waals surface area contributed by atoms with E-state index >= 15 is 0 Å². The maximum atomic E-state index is 15.0. The number of rotatable bonds is 6. The van der Waals surface area contributed by atoms with Crippen molar-refractivity contribution in [2.45, 2.75) is 19.6 Å². The number of fused-ring (bicyclic) bond motifs is 1. The second kappa shape index (κ2) is 7.96. The maximum Gasteiger partial charge on any atom is 0.183 e. The van der Waals surface area contributed by atoms with Crippen molar-refractivity contribution in [1.29, 1.82) is 0 Å². The molecule has 1 fully saturated rings. The first-order chi connectivity index (χ1) is 15.2. The molecule has 2 aromatic heterocycles. The lowest BCUT2D eigenvalue weighted by atomic mass is 9.98. The van der Waals surface area contributed by atoms with Crippen LogP contribution < -0.4 is 9.47 Å². The third-order valence-corrected chi connectivity index (χ3v) is 5.39. The van der Waals surface area contributed by atoms with Gasteiger partial charge in [-0.05, 0) is 42.8 Å². The van der Waals surface area contributed by atoms with Crippen molar-refractivity contribution < 1.29 is 18.6 Å². The Morgan fingerprint density at radius 1 is 1.13 bits per heavy atom. The van der Waals surface area contributed by atoms with E-state index in [2.05, 4.69) is 15.2 Å². The second-order valence-corrected chi connectivity index (χ2v) is 7.30. The lowest BCUT2D eigenvalue weighted by Gasteiger charge is -2.27. The Hall–Kier alpha value is -3.52. The van der Waals surface area contributed by atoms with Crippen LogP contribution in [0.2, 0.25) is 0 Å². The van der Waals surface area contributed by atoms with Crippen molar-refractivity contribution in [3.63, 3.8) is 0 Å². The van der Waals surface area contributed by atoms with Gasteiger partial charge in [0.25, 0.3) is 0 Å². The maximum absolute atomic E-state index is 15.0. The average Bonchev–Trinajstić information content (AvgIpc) is 3.20. The van der Waals surface area contributed by atoms with Gasteiger partial charge in [0.15, 0.2) is 5.65 Å². The van der Waals surface area contributed by atoms with E-state index in [4.69, 9.17) is 14.2 Å². The smallest absolute Gasteiger partial charge is 0.183 e. The van der Waals surface area contributed by atoms with Crippen molar-refractivity contribution in [3.05, 3.63) is 54.7 Å². The molecule has 1 aliphatic rings. The van der Waals surface area contributed by atoms with Crippen LogP contribution in [0.1, 0.15) is 6.92 Å². The Morgan fingerprint density at radius 2 is 2.00 bits per heavy atom. The number of hydrogen-bond acceptors (Lipinski definition) is 6. The molecule has 0 aliphatic carbocycles. The molecule has 0 amide bonds. The predicted octanol–water partition coefficient (Wildman–Crippen LogP) is 4.11. The van der Waals surface area contributed by atoms with Gasteiger partial charge in [0.05, 0.1) is 32.8 Å². The Bertz CT molecular complexity index is 1250. The minimum absolute atomic E-state index is 0.0160. The first-order valence-electron chi connectivity index (χ1n) is 10.1. The standard InChI is InChI=1S/C23H21FN4O3/c1-3-28-13-25-22-19(10-26-27-23(22)28)14-4-6-20(24)17(8-14)18-9-15(5-7-21(18)29-2)31-16-11-30-12-16/h4-10,13,16H,3,11-12H2,1-2H3. The van der Waals surface area contributed by atoms with Crippen molar-refractivity contribution in [2.75, 3.05) is 20.3 Å². The number of benzene rings is 2. The van der Waals surface area contributed by atoms with Crippen LogP contribution in [0.5, 0.6) is 11.5 Å². The minimum atomic E-state index is -0.358. The average molecular weight is 420 g/mol. The summed E-state index contributed by atoms with van der Waals surface area (Å²) in [6, 6.07) is 10.3. The second-order valence-electron chi connectivity index (χ2n) is 7.30. The molecule has 0 saturated carbocycles. The van der Waals surface area contributed by atoms with E-state index in [9.17, 15) is 4.39 Å². The van der Waals surface area contributed by atoms with Crippen molar-refractivity contribution >= 4 is 11.2 Å². The van der Waals surface area contributed by atoms with Gasteiger partial charge in [0.2, 0.25) is 0 Å². The fraction of sp³-hybridized carbons (Fsp3) is 0.261. The molecule has 0 unspecified atom stereocenters. The Balaban J connectivity index is 1.61. The summed E-state index contributed by atoms with van der Waals surface area (Å²) in [5.41, 5.74) is 4.02. The molecule has 7 nitrogen and oxygen atoms in total.